The van der Waals surface area contributed by atoms with E-state index < -0.39 is 10.0 Å². The predicted octanol–water partition coefficient (Wildman–Crippen LogP) is 3.52. The molecule has 2 aromatic rings. The first-order valence-corrected chi connectivity index (χ1v) is 9.78. The third kappa shape index (κ3) is 4.11. The number of rotatable bonds is 6. The highest BCUT2D eigenvalue weighted by Gasteiger charge is 2.25. The van der Waals surface area contributed by atoms with Crippen LogP contribution < -0.4 is 4.90 Å². The van der Waals surface area contributed by atoms with Crippen molar-refractivity contribution in [2.24, 2.45) is 0 Å². The number of sulfonamides is 1. The molecule has 2 aromatic carbocycles. The Morgan fingerprint density at radius 1 is 1.12 bits per heavy atom. The molecule has 2 rings (SSSR count). The number of anilines is 1. The Balaban J connectivity index is 2.39. The van der Waals surface area contributed by atoms with Crippen molar-refractivity contribution in [1.29, 1.82) is 0 Å². The number of benzene rings is 2. The lowest BCUT2D eigenvalue weighted by molar-refractivity contribution is 0.0988. The number of carbonyl (C=O) groups is 1. The van der Waals surface area contributed by atoms with Gasteiger partial charge >= 0.3 is 0 Å². The Hall–Kier alpha value is -2.25. The summed E-state index contributed by atoms with van der Waals surface area (Å²) in [5.74, 6) is -0.731. The van der Waals surface area contributed by atoms with Gasteiger partial charge < -0.3 is 4.90 Å². The number of hydrogen-bond donors (Lipinski definition) is 0. The van der Waals surface area contributed by atoms with E-state index in [0.717, 1.165) is 0 Å². The van der Waals surface area contributed by atoms with Crippen LogP contribution in [0.15, 0.2) is 53.4 Å². The van der Waals surface area contributed by atoms with Crippen LogP contribution in [0.3, 0.4) is 0 Å². The zero-order valence-electron chi connectivity index (χ0n) is 15.3. The molecule has 0 aliphatic carbocycles. The maximum absolute atomic E-state index is 13.1. The molecule has 0 radical (unpaired) electrons. The van der Waals surface area contributed by atoms with Gasteiger partial charge in [0.15, 0.2) is 0 Å². The van der Waals surface area contributed by atoms with Crippen LogP contribution in [0.25, 0.3) is 0 Å². The highest BCUT2D eigenvalue weighted by atomic mass is 32.2. The van der Waals surface area contributed by atoms with Crippen LogP contribution >= 0.6 is 0 Å². The summed E-state index contributed by atoms with van der Waals surface area (Å²) in [6, 6.07) is 11.4. The van der Waals surface area contributed by atoms with Crippen molar-refractivity contribution in [2.75, 3.05) is 18.5 Å². The van der Waals surface area contributed by atoms with Gasteiger partial charge in [-0.05, 0) is 63.2 Å². The minimum atomic E-state index is -3.68. The summed E-state index contributed by atoms with van der Waals surface area (Å²) >= 11 is 0. The van der Waals surface area contributed by atoms with Gasteiger partial charge in [-0.25, -0.2) is 12.8 Å². The van der Waals surface area contributed by atoms with Gasteiger partial charge in [-0.3, -0.25) is 4.79 Å². The topological polar surface area (TPSA) is 57.7 Å². The monoisotopic (exact) mass is 378 g/mol. The summed E-state index contributed by atoms with van der Waals surface area (Å²) in [7, 11) is -2.18. The van der Waals surface area contributed by atoms with E-state index in [-0.39, 0.29) is 28.2 Å². The van der Waals surface area contributed by atoms with Gasteiger partial charge in [0.1, 0.15) is 5.82 Å². The molecule has 5 nitrogen and oxygen atoms in total. The zero-order chi connectivity index (χ0) is 19.5. The van der Waals surface area contributed by atoms with Crippen LogP contribution in [0, 0.1) is 5.82 Å². The maximum atomic E-state index is 13.1. The molecule has 0 atom stereocenters. The number of hydrogen-bond acceptors (Lipinski definition) is 3. The Morgan fingerprint density at radius 3 is 2.27 bits per heavy atom. The molecule has 0 fully saturated rings. The molecule has 0 spiro atoms. The van der Waals surface area contributed by atoms with E-state index in [9.17, 15) is 17.6 Å². The standard InChI is InChI=1S/C19H23FN2O3S/c1-5-22(17-11-9-16(20)10-12-17)19(23)15-7-6-8-18(13-15)26(24,25)21(4)14(2)3/h6-14H,5H2,1-4H3. The van der Waals surface area contributed by atoms with Crippen molar-refractivity contribution in [3.8, 4) is 0 Å². The van der Waals surface area contributed by atoms with Crippen LogP contribution in [-0.2, 0) is 10.0 Å². The van der Waals surface area contributed by atoms with Crippen molar-refractivity contribution < 1.29 is 17.6 Å². The average Bonchev–Trinajstić information content (AvgIpc) is 2.63. The highest BCUT2D eigenvalue weighted by Crippen LogP contribution is 2.21. The van der Waals surface area contributed by atoms with E-state index in [1.54, 1.807) is 32.9 Å². The van der Waals surface area contributed by atoms with E-state index in [2.05, 4.69) is 0 Å². The molecule has 1 amide bonds. The van der Waals surface area contributed by atoms with Gasteiger partial charge in [-0.2, -0.15) is 4.31 Å². The Morgan fingerprint density at radius 2 is 1.73 bits per heavy atom. The molecule has 0 aliphatic heterocycles. The fourth-order valence-corrected chi connectivity index (χ4v) is 3.87. The van der Waals surface area contributed by atoms with E-state index in [1.807, 2.05) is 0 Å². The smallest absolute Gasteiger partial charge is 0.258 e. The second-order valence-electron chi connectivity index (χ2n) is 6.17. The van der Waals surface area contributed by atoms with Crippen LogP contribution in [0.2, 0.25) is 0 Å². The SMILES string of the molecule is CCN(C(=O)c1cccc(S(=O)(=O)N(C)C(C)C)c1)c1ccc(F)cc1. The Kier molecular flexibility index (Phi) is 6.15. The third-order valence-corrected chi connectivity index (χ3v) is 6.21. The van der Waals surface area contributed by atoms with Gasteiger partial charge in [-0.1, -0.05) is 6.07 Å². The third-order valence-electron chi connectivity index (χ3n) is 4.18. The number of amides is 1. The molecule has 0 bridgehead atoms. The molecule has 26 heavy (non-hydrogen) atoms. The van der Waals surface area contributed by atoms with Gasteiger partial charge in [0.05, 0.1) is 4.90 Å². The molecule has 0 unspecified atom stereocenters. The normalized spacial score (nSPS) is 11.8. The van der Waals surface area contributed by atoms with Crippen molar-refractivity contribution in [1.82, 2.24) is 4.31 Å². The minimum Gasteiger partial charge on any atom is -0.309 e. The molecule has 0 aliphatic rings. The average molecular weight is 378 g/mol. The first kappa shape index (κ1) is 20.1. The van der Waals surface area contributed by atoms with E-state index in [1.165, 1.54) is 52.7 Å². The van der Waals surface area contributed by atoms with Crippen molar-refractivity contribution >= 4 is 21.6 Å². The van der Waals surface area contributed by atoms with E-state index in [4.69, 9.17) is 0 Å². The second-order valence-corrected chi connectivity index (χ2v) is 8.17. The Bertz CT molecular complexity index is 880. The maximum Gasteiger partial charge on any atom is 0.258 e. The van der Waals surface area contributed by atoms with Crippen molar-refractivity contribution in [3.05, 3.63) is 59.9 Å². The second kappa shape index (κ2) is 7.97. The van der Waals surface area contributed by atoms with Crippen molar-refractivity contribution in [2.45, 2.75) is 31.7 Å². The number of halogens is 1. The molecule has 0 heterocycles. The summed E-state index contributed by atoms with van der Waals surface area (Å²) < 4.78 is 39.7. The highest BCUT2D eigenvalue weighted by molar-refractivity contribution is 7.89. The van der Waals surface area contributed by atoms with Gasteiger partial charge in [0, 0.05) is 30.9 Å². The first-order chi connectivity index (χ1) is 12.2. The fraction of sp³-hybridized carbons (Fsp3) is 0.316. The van der Waals surface area contributed by atoms with Crippen molar-refractivity contribution in [3.63, 3.8) is 0 Å². The lowest BCUT2D eigenvalue weighted by Crippen LogP contribution is -2.33. The first-order valence-electron chi connectivity index (χ1n) is 8.34. The van der Waals surface area contributed by atoms with Gasteiger partial charge in [-0.15, -0.1) is 0 Å². The molecular formula is C19H23FN2O3S. The fourth-order valence-electron chi connectivity index (χ4n) is 2.45. The Labute approximate surface area is 154 Å². The lowest BCUT2D eigenvalue weighted by atomic mass is 10.2. The van der Waals surface area contributed by atoms with Gasteiger partial charge in [0.2, 0.25) is 10.0 Å². The summed E-state index contributed by atoms with van der Waals surface area (Å²) in [6.45, 7) is 5.72. The molecule has 0 N–H and O–H groups in total. The largest absolute Gasteiger partial charge is 0.309 e. The minimum absolute atomic E-state index is 0.0645. The number of nitrogens with zero attached hydrogens (tertiary/aromatic N) is 2. The molecule has 0 saturated heterocycles. The molecular weight excluding hydrogens is 355 g/mol. The van der Waals surface area contributed by atoms with E-state index >= 15 is 0 Å². The quantitative estimate of drug-likeness (QED) is 0.773. The summed E-state index contributed by atoms with van der Waals surface area (Å²) in [4.78, 5) is 14.4. The summed E-state index contributed by atoms with van der Waals surface area (Å²) in [6.07, 6.45) is 0. The van der Waals surface area contributed by atoms with E-state index in [0.29, 0.717) is 12.2 Å². The molecule has 140 valence electrons. The van der Waals surface area contributed by atoms with Gasteiger partial charge in [0.25, 0.3) is 5.91 Å². The summed E-state index contributed by atoms with van der Waals surface area (Å²) in [5, 5.41) is 0. The van der Waals surface area contributed by atoms with Crippen LogP contribution in [0.1, 0.15) is 31.1 Å². The number of carbonyl (C=O) groups excluding carboxylic acids is 1. The van der Waals surface area contributed by atoms with Crippen LogP contribution in [0.4, 0.5) is 10.1 Å². The molecule has 0 aromatic heterocycles. The molecule has 7 heteroatoms. The van der Waals surface area contributed by atoms with Crippen LogP contribution in [0.5, 0.6) is 0 Å². The predicted molar refractivity (Wildman–Crippen MR) is 100 cm³/mol. The lowest BCUT2D eigenvalue weighted by Gasteiger charge is -2.23. The zero-order valence-corrected chi connectivity index (χ0v) is 16.1. The van der Waals surface area contributed by atoms with Crippen LogP contribution in [-0.4, -0.2) is 38.3 Å². The molecule has 0 saturated carbocycles. The summed E-state index contributed by atoms with van der Waals surface area (Å²) in [5.41, 5.74) is 0.806.